The standard InChI is InChI=1S/C10H19NO5S/c1-5-11(7-6-9(12)16-3)10(13)8(2)17(4,14)15/h8H,5-7H2,1-4H3. The summed E-state index contributed by atoms with van der Waals surface area (Å²) < 4.78 is 27.0. The summed E-state index contributed by atoms with van der Waals surface area (Å²) in [7, 11) is -2.15. The second-order valence-corrected chi connectivity index (χ2v) is 6.08. The minimum Gasteiger partial charge on any atom is -0.469 e. The average molecular weight is 265 g/mol. The molecule has 0 fully saturated rings. The molecular weight excluding hydrogens is 246 g/mol. The van der Waals surface area contributed by atoms with Crippen molar-refractivity contribution in [3.63, 3.8) is 0 Å². The van der Waals surface area contributed by atoms with Gasteiger partial charge in [-0.15, -0.1) is 0 Å². The quantitative estimate of drug-likeness (QED) is 0.623. The van der Waals surface area contributed by atoms with E-state index in [-0.39, 0.29) is 13.0 Å². The van der Waals surface area contributed by atoms with Crippen molar-refractivity contribution >= 4 is 21.7 Å². The van der Waals surface area contributed by atoms with Crippen molar-refractivity contribution in [3.05, 3.63) is 0 Å². The maximum atomic E-state index is 11.8. The van der Waals surface area contributed by atoms with Gasteiger partial charge in [0.05, 0.1) is 13.5 Å². The number of hydrogen-bond acceptors (Lipinski definition) is 5. The molecule has 1 atom stereocenters. The highest BCUT2D eigenvalue weighted by Crippen LogP contribution is 2.05. The first kappa shape index (κ1) is 15.9. The van der Waals surface area contributed by atoms with Crippen LogP contribution in [0.2, 0.25) is 0 Å². The van der Waals surface area contributed by atoms with Crippen molar-refractivity contribution in [2.24, 2.45) is 0 Å². The molecule has 0 radical (unpaired) electrons. The zero-order valence-electron chi connectivity index (χ0n) is 10.6. The van der Waals surface area contributed by atoms with E-state index in [0.717, 1.165) is 6.26 Å². The third-order valence-electron chi connectivity index (χ3n) is 2.50. The van der Waals surface area contributed by atoms with Gasteiger partial charge < -0.3 is 9.64 Å². The largest absolute Gasteiger partial charge is 0.469 e. The van der Waals surface area contributed by atoms with Gasteiger partial charge in [-0.05, 0) is 13.8 Å². The lowest BCUT2D eigenvalue weighted by Crippen LogP contribution is -2.42. The normalized spacial score (nSPS) is 12.9. The molecule has 1 amide bonds. The monoisotopic (exact) mass is 265 g/mol. The van der Waals surface area contributed by atoms with Crippen LogP contribution in [0.1, 0.15) is 20.3 Å². The summed E-state index contributed by atoms with van der Waals surface area (Å²) >= 11 is 0. The molecule has 100 valence electrons. The van der Waals surface area contributed by atoms with Crippen LogP contribution in [0.4, 0.5) is 0 Å². The zero-order valence-corrected chi connectivity index (χ0v) is 11.4. The molecule has 0 rings (SSSR count). The smallest absolute Gasteiger partial charge is 0.307 e. The molecule has 0 aliphatic carbocycles. The number of hydrogen-bond donors (Lipinski definition) is 0. The van der Waals surface area contributed by atoms with Crippen LogP contribution in [0, 0.1) is 0 Å². The third-order valence-corrected chi connectivity index (χ3v) is 3.98. The summed E-state index contributed by atoms with van der Waals surface area (Å²) in [4.78, 5) is 24.1. The van der Waals surface area contributed by atoms with Crippen molar-refractivity contribution in [1.82, 2.24) is 4.90 Å². The molecule has 0 N–H and O–H groups in total. The van der Waals surface area contributed by atoms with Crippen LogP contribution < -0.4 is 0 Å². The van der Waals surface area contributed by atoms with E-state index in [2.05, 4.69) is 4.74 Å². The number of carbonyl (C=O) groups excluding carboxylic acids is 2. The van der Waals surface area contributed by atoms with Gasteiger partial charge in [0.2, 0.25) is 5.91 Å². The lowest BCUT2D eigenvalue weighted by Gasteiger charge is -2.23. The molecule has 0 aliphatic heterocycles. The molecule has 1 unspecified atom stereocenters. The number of esters is 1. The maximum Gasteiger partial charge on any atom is 0.307 e. The molecule has 6 nitrogen and oxygen atoms in total. The van der Waals surface area contributed by atoms with Gasteiger partial charge in [0.25, 0.3) is 0 Å². The van der Waals surface area contributed by atoms with E-state index in [1.54, 1.807) is 6.92 Å². The summed E-state index contributed by atoms with van der Waals surface area (Å²) in [6.07, 6.45) is 1.08. The number of methoxy groups -OCH3 is 1. The Morgan fingerprint density at radius 1 is 1.35 bits per heavy atom. The van der Waals surface area contributed by atoms with Crippen LogP contribution in [-0.4, -0.2) is 56.9 Å². The van der Waals surface area contributed by atoms with Crippen molar-refractivity contribution in [2.75, 3.05) is 26.5 Å². The molecule has 0 saturated heterocycles. The molecule has 0 bridgehead atoms. The van der Waals surface area contributed by atoms with E-state index < -0.39 is 27.0 Å². The van der Waals surface area contributed by atoms with Gasteiger partial charge in [-0.25, -0.2) is 8.42 Å². The Labute approximate surface area is 102 Å². The lowest BCUT2D eigenvalue weighted by molar-refractivity contribution is -0.141. The molecule has 0 aromatic rings. The van der Waals surface area contributed by atoms with E-state index in [4.69, 9.17) is 0 Å². The average Bonchev–Trinajstić information content (AvgIpc) is 2.26. The van der Waals surface area contributed by atoms with Gasteiger partial charge in [-0.3, -0.25) is 9.59 Å². The molecule has 0 heterocycles. The highest BCUT2D eigenvalue weighted by molar-refractivity contribution is 7.92. The summed E-state index contributed by atoms with van der Waals surface area (Å²) in [6, 6.07) is 0. The fourth-order valence-corrected chi connectivity index (χ4v) is 1.71. The second-order valence-electron chi connectivity index (χ2n) is 3.72. The van der Waals surface area contributed by atoms with Crippen molar-refractivity contribution < 1.29 is 22.7 Å². The first-order valence-electron chi connectivity index (χ1n) is 5.28. The van der Waals surface area contributed by atoms with Crippen molar-refractivity contribution in [1.29, 1.82) is 0 Å². The number of rotatable bonds is 6. The molecule has 0 spiro atoms. The highest BCUT2D eigenvalue weighted by Gasteiger charge is 2.27. The van der Waals surface area contributed by atoms with Gasteiger partial charge in [0, 0.05) is 19.3 Å². The number of ether oxygens (including phenoxy) is 1. The van der Waals surface area contributed by atoms with Crippen LogP contribution in [0.15, 0.2) is 0 Å². The minimum atomic E-state index is -3.41. The van der Waals surface area contributed by atoms with E-state index in [1.165, 1.54) is 18.9 Å². The van der Waals surface area contributed by atoms with Crippen LogP contribution in [0.5, 0.6) is 0 Å². The first-order valence-corrected chi connectivity index (χ1v) is 7.24. The second kappa shape index (κ2) is 6.58. The number of sulfone groups is 1. The zero-order chi connectivity index (χ0) is 13.6. The maximum absolute atomic E-state index is 11.8. The van der Waals surface area contributed by atoms with Crippen LogP contribution >= 0.6 is 0 Å². The molecular formula is C10H19NO5S. The predicted molar refractivity (Wildman–Crippen MR) is 63.2 cm³/mol. The Morgan fingerprint density at radius 3 is 2.24 bits per heavy atom. The highest BCUT2D eigenvalue weighted by atomic mass is 32.2. The van der Waals surface area contributed by atoms with Crippen molar-refractivity contribution in [3.8, 4) is 0 Å². The van der Waals surface area contributed by atoms with Gasteiger partial charge >= 0.3 is 5.97 Å². The molecule has 0 saturated carbocycles. The van der Waals surface area contributed by atoms with E-state index in [0.29, 0.717) is 6.54 Å². The Hall–Kier alpha value is -1.11. The third kappa shape index (κ3) is 5.16. The van der Waals surface area contributed by atoms with Crippen LogP contribution in [-0.2, 0) is 24.2 Å². The predicted octanol–water partition coefficient (Wildman–Crippen LogP) is -0.169. The molecule has 17 heavy (non-hydrogen) atoms. The van der Waals surface area contributed by atoms with E-state index >= 15 is 0 Å². The van der Waals surface area contributed by atoms with Gasteiger partial charge in [-0.1, -0.05) is 0 Å². The van der Waals surface area contributed by atoms with Gasteiger partial charge in [0.15, 0.2) is 9.84 Å². The summed E-state index contributed by atoms with van der Waals surface area (Å²) in [5.74, 6) is -0.915. The number of carbonyl (C=O) groups is 2. The molecule has 0 aliphatic rings. The molecule has 0 aromatic carbocycles. The Balaban J connectivity index is 4.57. The Kier molecular flexibility index (Phi) is 6.15. The Bertz CT molecular complexity index is 376. The Morgan fingerprint density at radius 2 is 1.88 bits per heavy atom. The van der Waals surface area contributed by atoms with Crippen LogP contribution in [0.3, 0.4) is 0 Å². The summed E-state index contributed by atoms with van der Waals surface area (Å²) in [6.45, 7) is 3.60. The van der Waals surface area contributed by atoms with Crippen molar-refractivity contribution in [2.45, 2.75) is 25.5 Å². The summed E-state index contributed by atoms with van der Waals surface area (Å²) in [5, 5.41) is -1.08. The number of nitrogens with zero attached hydrogens (tertiary/aromatic N) is 1. The van der Waals surface area contributed by atoms with Gasteiger partial charge in [0.1, 0.15) is 5.25 Å². The van der Waals surface area contributed by atoms with Gasteiger partial charge in [-0.2, -0.15) is 0 Å². The lowest BCUT2D eigenvalue weighted by atomic mass is 10.3. The molecule has 7 heteroatoms. The summed E-state index contributed by atoms with van der Waals surface area (Å²) in [5.41, 5.74) is 0. The van der Waals surface area contributed by atoms with Crippen LogP contribution in [0.25, 0.3) is 0 Å². The SMILES string of the molecule is CCN(CCC(=O)OC)C(=O)C(C)S(C)(=O)=O. The van der Waals surface area contributed by atoms with E-state index in [1.807, 2.05) is 0 Å². The minimum absolute atomic E-state index is 0.0621. The fraction of sp³-hybridized carbons (Fsp3) is 0.800. The number of amides is 1. The molecule has 0 aromatic heterocycles. The van der Waals surface area contributed by atoms with E-state index in [9.17, 15) is 18.0 Å². The topological polar surface area (TPSA) is 80.8 Å². The fourth-order valence-electron chi connectivity index (χ4n) is 1.19. The first-order chi connectivity index (χ1) is 7.73.